The number of benzene rings is 2. The van der Waals surface area contributed by atoms with Gasteiger partial charge in [-0.05, 0) is 49.5 Å². The number of hydrogen-bond acceptors (Lipinski definition) is 4. The van der Waals surface area contributed by atoms with E-state index in [1.54, 1.807) is 12.1 Å². The Bertz CT molecular complexity index is 862. The molecular formula is C15H15N3O3S2. The zero-order valence-corrected chi connectivity index (χ0v) is 13.9. The van der Waals surface area contributed by atoms with E-state index in [0.717, 1.165) is 9.87 Å². The molecule has 0 unspecified atom stereocenters. The quantitative estimate of drug-likeness (QED) is 0.814. The highest BCUT2D eigenvalue weighted by atomic mass is 32.2. The molecular weight excluding hydrogens is 334 g/mol. The number of anilines is 1. The van der Waals surface area contributed by atoms with Gasteiger partial charge in [0.2, 0.25) is 5.91 Å². The first-order valence-electron chi connectivity index (χ1n) is 6.55. The number of rotatable bonds is 4. The van der Waals surface area contributed by atoms with Crippen LogP contribution in [-0.4, -0.2) is 19.4 Å². The molecule has 2 rings (SSSR count). The average Bonchev–Trinajstić information content (AvgIpc) is 2.47. The molecule has 0 fully saturated rings. The Hall–Kier alpha value is -2.45. The fourth-order valence-corrected chi connectivity index (χ4v) is 3.70. The summed E-state index contributed by atoms with van der Waals surface area (Å²) in [6.45, 7) is 1.85. The van der Waals surface area contributed by atoms with Crippen LogP contribution >= 0.6 is 12.2 Å². The largest absolute Gasteiger partial charge is 0.375 e. The average molecular weight is 349 g/mol. The molecule has 0 heterocycles. The molecule has 0 bridgehead atoms. The van der Waals surface area contributed by atoms with E-state index in [1.165, 1.54) is 36.4 Å². The van der Waals surface area contributed by atoms with Gasteiger partial charge < -0.3 is 11.5 Å². The number of carbonyl (C=O) groups is 1. The van der Waals surface area contributed by atoms with Gasteiger partial charge >= 0.3 is 0 Å². The Balaban J connectivity index is 2.58. The molecule has 0 atom stereocenters. The van der Waals surface area contributed by atoms with E-state index in [-0.39, 0.29) is 21.3 Å². The number of hydrogen-bond donors (Lipinski definition) is 2. The lowest BCUT2D eigenvalue weighted by atomic mass is 10.2. The molecule has 0 saturated carbocycles. The molecule has 0 radical (unpaired) electrons. The second kappa shape index (κ2) is 6.35. The molecule has 4 N–H and O–H groups in total. The van der Waals surface area contributed by atoms with Gasteiger partial charge in [-0.1, -0.05) is 23.8 Å². The second-order valence-corrected chi connectivity index (χ2v) is 7.04. The molecule has 0 aromatic heterocycles. The van der Waals surface area contributed by atoms with Gasteiger partial charge in [0.25, 0.3) is 10.0 Å². The minimum absolute atomic E-state index is 0.0420. The molecule has 8 heteroatoms. The van der Waals surface area contributed by atoms with Crippen LogP contribution in [-0.2, 0) is 10.0 Å². The Morgan fingerprint density at radius 2 is 1.70 bits per heavy atom. The Kier molecular flexibility index (Phi) is 4.67. The molecule has 0 aliphatic heterocycles. The predicted molar refractivity (Wildman–Crippen MR) is 92.6 cm³/mol. The molecule has 120 valence electrons. The first kappa shape index (κ1) is 16.9. The minimum atomic E-state index is -4.00. The van der Waals surface area contributed by atoms with Gasteiger partial charge in [-0.2, -0.15) is 0 Å². The van der Waals surface area contributed by atoms with Crippen molar-refractivity contribution in [3.05, 3.63) is 59.7 Å². The number of aryl methyl sites for hydroxylation is 1. The number of carbonyl (C=O) groups excluding carboxylic acids is 1. The van der Waals surface area contributed by atoms with E-state index in [0.29, 0.717) is 0 Å². The summed E-state index contributed by atoms with van der Waals surface area (Å²) in [7, 11) is -4.00. The maximum atomic E-state index is 12.8. The van der Waals surface area contributed by atoms with Crippen molar-refractivity contribution in [1.29, 1.82) is 0 Å². The monoisotopic (exact) mass is 349 g/mol. The van der Waals surface area contributed by atoms with Crippen molar-refractivity contribution < 1.29 is 13.2 Å². The van der Waals surface area contributed by atoms with Gasteiger partial charge in [-0.25, -0.2) is 12.7 Å². The van der Waals surface area contributed by atoms with Crippen LogP contribution in [0.4, 0.5) is 5.69 Å². The molecule has 23 heavy (non-hydrogen) atoms. The van der Waals surface area contributed by atoms with Crippen LogP contribution in [0.15, 0.2) is 53.4 Å². The minimum Gasteiger partial charge on any atom is -0.375 e. The van der Waals surface area contributed by atoms with Crippen molar-refractivity contribution in [2.24, 2.45) is 11.5 Å². The summed E-state index contributed by atoms with van der Waals surface area (Å²) in [5.74, 6) is -0.678. The van der Waals surface area contributed by atoms with Gasteiger partial charge in [0, 0.05) is 5.56 Å². The van der Waals surface area contributed by atoms with Crippen molar-refractivity contribution in [2.45, 2.75) is 11.8 Å². The lowest BCUT2D eigenvalue weighted by Crippen LogP contribution is -2.40. The highest BCUT2D eigenvalue weighted by Gasteiger charge is 2.27. The lowest BCUT2D eigenvalue weighted by Gasteiger charge is -2.23. The van der Waals surface area contributed by atoms with Crippen molar-refractivity contribution >= 4 is 38.9 Å². The lowest BCUT2D eigenvalue weighted by molar-refractivity contribution is 0.100. The summed E-state index contributed by atoms with van der Waals surface area (Å²) < 4.78 is 26.4. The molecule has 0 aliphatic carbocycles. The van der Waals surface area contributed by atoms with Gasteiger partial charge in [-0.15, -0.1) is 0 Å². The highest BCUT2D eigenvalue weighted by Crippen LogP contribution is 2.24. The third kappa shape index (κ3) is 3.49. The Morgan fingerprint density at radius 1 is 1.09 bits per heavy atom. The van der Waals surface area contributed by atoms with Crippen LogP contribution in [0.5, 0.6) is 0 Å². The molecule has 0 aliphatic rings. The number of sulfonamides is 1. The maximum Gasteiger partial charge on any atom is 0.270 e. The van der Waals surface area contributed by atoms with E-state index in [1.807, 2.05) is 6.92 Å². The summed E-state index contributed by atoms with van der Waals surface area (Å²) in [6, 6.07) is 12.1. The highest BCUT2D eigenvalue weighted by molar-refractivity contribution is 7.95. The zero-order valence-electron chi connectivity index (χ0n) is 12.3. The molecule has 6 nitrogen and oxygen atoms in total. The number of amides is 1. The summed E-state index contributed by atoms with van der Waals surface area (Å²) in [6.07, 6.45) is 0. The normalized spacial score (nSPS) is 11.0. The van der Waals surface area contributed by atoms with Crippen molar-refractivity contribution in [3.63, 3.8) is 0 Å². The Morgan fingerprint density at radius 3 is 2.22 bits per heavy atom. The predicted octanol–water partition coefficient (Wildman–Crippen LogP) is 1.53. The van der Waals surface area contributed by atoms with E-state index in [4.69, 9.17) is 23.7 Å². The third-order valence-corrected chi connectivity index (χ3v) is 5.18. The van der Waals surface area contributed by atoms with Crippen LogP contribution in [0.2, 0.25) is 0 Å². The van der Waals surface area contributed by atoms with Crippen LogP contribution in [0, 0.1) is 6.92 Å². The fraction of sp³-hybridized carbons (Fsp3) is 0.0667. The topological polar surface area (TPSA) is 106 Å². The molecule has 1 amide bonds. The standard InChI is InChI=1S/C15H15N3O3S2/c1-10-5-7-13(8-6-10)23(20,21)18(15(17)22)12-4-2-3-11(9-12)14(16)19/h2-9H,1H3,(H2,16,19)(H2,17,22). The fourth-order valence-electron chi connectivity index (χ4n) is 1.99. The smallest absolute Gasteiger partial charge is 0.270 e. The summed E-state index contributed by atoms with van der Waals surface area (Å²) in [5, 5.41) is -0.354. The van der Waals surface area contributed by atoms with Gasteiger partial charge in [-0.3, -0.25) is 4.79 Å². The SMILES string of the molecule is Cc1ccc(S(=O)(=O)N(C(N)=S)c2cccc(C(N)=O)c2)cc1. The van der Waals surface area contributed by atoms with Crippen LogP contribution in [0.3, 0.4) is 0 Å². The van der Waals surface area contributed by atoms with Crippen molar-refractivity contribution in [1.82, 2.24) is 0 Å². The van der Waals surface area contributed by atoms with E-state index >= 15 is 0 Å². The number of thiocarbonyl (C=S) groups is 1. The summed E-state index contributed by atoms with van der Waals surface area (Å²) >= 11 is 4.89. The first-order chi connectivity index (χ1) is 10.7. The molecule has 2 aromatic carbocycles. The molecule has 2 aromatic rings. The van der Waals surface area contributed by atoms with Crippen LogP contribution in [0.25, 0.3) is 0 Å². The summed E-state index contributed by atoms with van der Waals surface area (Å²) in [5.41, 5.74) is 12.1. The number of nitrogens with zero attached hydrogens (tertiary/aromatic N) is 1. The van der Waals surface area contributed by atoms with E-state index in [2.05, 4.69) is 0 Å². The van der Waals surface area contributed by atoms with Gasteiger partial charge in [0.05, 0.1) is 10.6 Å². The van der Waals surface area contributed by atoms with Crippen molar-refractivity contribution in [3.8, 4) is 0 Å². The van der Waals surface area contributed by atoms with Crippen molar-refractivity contribution in [2.75, 3.05) is 4.31 Å². The van der Waals surface area contributed by atoms with E-state index < -0.39 is 15.9 Å². The summed E-state index contributed by atoms with van der Waals surface area (Å²) in [4.78, 5) is 11.3. The first-order valence-corrected chi connectivity index (χ1v) is 8.39. The van der Waals surface area contributed by atoms with E-state index in [9.17, 15) is 13.2 Å². The molecule has 0 spiro atoms. The maximum absolute atomic E-state index is 12.8. The Labute approximate surface area is 139 Å². The third-order valence-electron chi connectivity index (χ3n) is 3.12. The number of nitrogens with two attached hydrogens (primary N) is 2. The second-order valence-electron chi connectivity index (χ2n) is 4.84. The van der Waals surface area contributed by atoms with Gasteiger partial charge in [0.1, 0.15) is 0 Å². The van der Waals surface area contributed by atoms with Gasteiger partial charge in [0.15, 0.2) is 5.11 Å². The number of primary amides is 1. The molecule has 0 saturated heterocycles. The zero-order chi connectivity index (χ0) is 17.2. The van der Waals surface area contributed by atoms with Crippen LogP contribution < -0.4 is 15.8 Å². The van der Waals surface area contributed by atoms with Crippen LogP contribution in [0.1, 0.15) is 15.9 Å².